The topological polar surface area (TPSA) is 92.9 Å². The first kappa shape index (κ1) is 11.1. The number of pyridine rings is 1. The predicted octanol–water partition coefficient (Wildman–Crippen LogP) is 0.520. The number of nitrogens with zero attached hydrogens (tertiary/aromatic N) is 4. The largest absolute Gasteiger partial charge is 0.477 e. The lowest BCUT2D eigenvalue weighted by molar-refractivity contribution is 0.0690. The van der Waals surface area contributed by atoms with Crippen LogP contribution in [0.15, 0.2) is 24.7 Å². The van der Waals surface area contributed by atoms with Gasteiger partial charge in [0.2, 0.25) is 0 Å². The number of carbonyl (C=O) groups is 1. The Labute approximate surface area is 97.1 Å². The van der Waals surface area contributed by atoms with Crippen LogP contribution in [0.5, 0.6) is 0 Å². The van der Waals surface area contributed by atoms with E-state index in [1.54, 1.807) is 17.0 Å². The average molecular weight is 233 g/mol. The van der Waals surface area contributed by atoms with Gasteiger partial charge in [-0.2, -0.15) is 0 Å². The van der Waals surface area contributed by atoms with Gasteiger partial charge in [-0.25, -0.2) is 9.78 Å². The van der Waals surface area contributed by atoms with Crippen LogP contribution >= 0.6 is 0 Å². The molecule has 0 amide bonds. The summed E-state index contributed by atoms with van der Waals surface area (Å²) in [6.45, 7) is 0.472. The summed E-state index contributed by atoms with van der Waals surface area (Å²) in [6.07, 6.45) is 3.05. The Hall–Kier alpha value is -2.44. The van der Waals surface area contributed by atoms with Crippen LogP contribution in [0.1, 0.15) is 16.3 Å². The molecule has 0 aliphatic carbocycles. The minimum atomic E-state index is -1.05. The summed E-state index contributed by atoms with van der Waals surface area (Å²) in [4.78, 5) is 14.5. The van der Waals surface area contributed by atoms with Crippen molar-refractivity contribution in [2.45, 2.75) is 6.54 Å². The fraction of sp³-hybridized carbons (Fsp3) is 0.200. The highest BCUT2D eigenvalue weighted by atomic mass is 16.4. The fourth-order valence-corrected chi connectivity index (χ4v) is 1.31. The molecular formula is C10H11N5O2. The third-order valence-electron chi connectivity index (χ3n) is 2.23. The zero-order valence-corrected chi connectivity index (χ0v) is 9.16. The molecule has 0 fully saturated rings. The highest BCUT2D eigenvalue weighted by Crippen LogP contribution is 2.09. The number of carboxylic acid groups (broad SMARTS) is 1. The summed E-state index contributed by atoms with van der Waals surface area (Å²) >= 11 is 0. The number of carboxylic acids is 1. The molecule has 0 aliphatic heterocycles. The van der Waals surface area contributed by atoms with E-state index in [-0.39, 0.29) is 5.69 Å². The lowest BCUT2D eigenvalue weighted by atomic mass is 10.3. The van der Waals surface area contributed by atoms with E-state index in [0.717, 1.165) is 5.82 Å². The summed E-state index contributed by atoms with van der Waals surface area (Å²) in [5.41, 5.74) is 0.688. The normalized spacial score (nSPS) is 10.2. The molecule has 2 aromatic heterocycles. The number of aryl methyl sites for hydroxylation is 1. The molecule has 17 heavy (non-hydrogen) atoms. The standard InChI is InChI=1S/C10H11N5O2/c1-15-6-13-14-9(15)5-12-7-2-3-11-8(4-7)10(16)17/h2-4,6H,5H2,1H3,(H,11,12)(H,16,17). The molecule has 0 saturated heterocycles. The number of hydrogen-bond acceptors (Lipinski definition) is 5. The van der Waals surface area contributed by atoms with E-state index in [0.29, 0.717) is 12.2 Å². The first-order chi connectivity index (χ1) is 8.16. The summed E-state index contributed by atoms with van der Waals surface area (Å²) in [7, 11) is 1.84. The number of anilines is 1. The lowest BCUT2D eigenvalue weighted by Gasteiger charge is -2.05. The number of rotatable bonds is 4. The molecule has 0 spiro atoms. The van der Waals surface area contributed by atoms with Gasteiger partial charge in [-0.1, -0.05) is 0 Å². The third-order valence-corrected chi connectivity index (χ3v) is 2.23. The van der Waals surface area contributed by atoms with E-state index in [1.807, 2.05) is 7.05 Å². The summed E-state index contributed by atoms with van der Waals surface area (Å²) < 4.78 is 1.78. The van der Waals surface area contributed by atoms with Crippen LogP contribution in [0.25, 0.3) is 0 Å². The number of hydrogen-bond donors (Lipinski definition) is 2. The summed E-state index contributed by atoms with van der Waals surface area (Å²) in [5.74, 6) is -0.286. The number of nitrogens with one attached hydrogen (secondary N) is 1. The molecular weight excluding hydrogens is 222 g/mol. The van der Waals surface area contributed by atoms with Crippen molar-refractivity contribution in [3.63, 3.8) is 0 Å². The highest BCUT2D eigenvalue weighted by Gasteiger charge is 2.05. The quantitative estimate of drug-likeness (QED) is 0.799. The van der Waals surface area contributed by atoms with E-state index in [9.17, 15) is 4.79 Å². The van der Waals surface area contributed by atoms with Gasteiger partial charge in [0.05, 0.1) is 6.54 Å². The second-order valence-electron chi connectivity index (χ2n) is 3.45. The van der Waals surface area contributed by atoms with E-state index in [4.69, 9.17) is 5.11 Å². The monoisotopic (exact) mass is 233 g/mol. The fourth-order valence-electron chi connectivity index (χ4n) is 1.31. The SMILES string of the molecule is Cn1cnnc1CNc1ccnc(C(=O)O)c1. The van der Waals surface area contributed by atoms with E-state index in [1.165, 1.54) is 12.3 Å². The number of aromatic carboxylic acids is 1. The van der Waals surface area contributed by atoms with Gasteiger partial charge in [-0.3, -0.25) is 0 Å². The molecule has 0 aliphatic rings. The molecule has 2 rings (SSSR count). The van der Waals surface area contributed by atoms with E-state index >= 15 is 0 Å². The molecule has 7 nitrogen and oxygen atoms in total. The van der Waals surface area contributed by atoms with Gasteiger partial charge in [0.1, 0.15) is 12.0 Å². The molecule has 0 aromatic carbocycles. The zero-order chi connectivity index (χ0) is 12.3. The maximum Gasteiger partial charge on any atom is 0.354 e. The summed E-state index contributed by atoms with van der Waals surface area (Å²) in [5, 5.41) is 19.5. The van der Waals surface area contributed by atoms with Crippen LogP contribution in [0, 0.1) is 0 Å². The minimum Gasteiger partial charge on any atom is -0.477 e. The second-order valence-corrected chi connectivity index (χ2v) is 3.45. The molecule has 0 atom stereocenters. The Morgan fingerprint density at radius 1 is 1.59 bits per heavy atom. The van der Waals surface area contributed by atoms with Crippen molar-refractivity contribution in [1.29, 1.82) is 0 Å². The van der Waals surface area contributed by atoms with Crippen molar-refractivity contribution in [3.8, 4) is 0 Å². The molecule has 2 heterocycles. The van der Waals surface area contributed by atoms with Crippen molar-refractivity contribution in [2.75, 3.05) is 5.32 Å². The minimum absolute atomic E-state index is 0.00738. The second kappa shape index (κ2) is 4.60. The van der Waals surface area contributed by atoms with Crippen molar-refractivity contribution in [3.05, 3.63) is 36.2 Å². The smallest absolute Gasteiger partial charge is 0.354 e. The first-order valence-electron chi connectivity index (χ1n) is 4.93. The Morgan fingerprint density at radius 2 is 2.41 bits per heavy atom. The molecule has 2 N–H and O–H groups in total. The molecule has 88 valence electrons. The average Bonchev–Trinajstić information content (AvgIpc) is 2.72. The van der Waals surface area contributed by atoms with Crippen LogP contribution in [-0.2, 0) is 13.6 Å². The van der Waals surface area contributed by atoms with Crippen molar-refractivity contribution in [2.24, 2.45) is 7.05 Å². The zero-order valence-electron chi connectivity index (χ0n) is 9.16. The maximum absolute atomic E-state index is 10.7. The molecule has 0 bridgehead atoms. The van der Waals surface area contributed by atoms with Crippen LogP contribution in [0.4, 0.5) is 5.69 Å². The van der Waals surface area contributed by atoms with Crippen LogP contribution in [0.3, 0.4) is 0 Å². The first-order valence-corrected chi connectivity index (χ1v) is 4.93. The molecule has 0 saturated carbocycles. The van der Waals surface area contributed by atoms with Crippen molar-refractivity contribution < 1.29 is 9.90 Å². The summed E-state index contributed by atoms with van der Waals surface area (Å²) in [6, 6.07) is 3.17. The van der Waals surface area contributed by atoms with Crippen LogP contribution < -0.4 is 5.32 Å². The van der Waals surface area contributed by atoms with Gasteiger partial charge in [0, 0.05) is 18.9 Å². The van der Waals surface area contributed by atoms with Gasteiger partial charge in [-0.05, 0) is 12.1 Å². The molecule has 2 aromatic rings. The van der Waals surface area contributed by atoms with E-state index in [2.05, 4.69) is 20.5 Å². The Bertz CT molecular complexity index is 537. The molecule has 0 radical (unpaired) electrons. The van der Waals surface area contributed by atoms with Gasteiger partial charge in [0.15, 0.2) is 5.82 Å². The van der Waals surface area contributed by atoms with Gasteiger partial charge < -0.3 is 15.0 Å². The Balaban J connectivity index is 2.07. The third kappa shape index (κ3) is 2.57. The van der Waals surface area contributed by atoms with Crippen LogP contribution in [0.2, 0.25) is 0 Å². The number of aromatic nitrogens is 4. The van der Waals surface area contributed by atoms with Gasteiger partial charge in [0.25, 0.3) is 0 Å². The van der Waals surface area contributed by atoms with Gasteiger partial charge >= 0.3 is 5.97 Å². The molecule has 0 unspecified atom stereocenters. The maximum atomic E-state index is 10.7. The van der Waals surface area contributed by atoms with Crippen LogP contribution in [-0.4, -0.2) is 30.8 Å². The molecule has 7 heteroatoms. The highest BCUT2D eigenvalue weighted by molar-refractivity contribution is 5.86. The Kier molecular flexibility index (Phi) is 2.99. The van der Waals surface area contributed by atoms with E-state index < -0.39 is 5.97 Å². The van der Waals surface area contributed by atoms with Crippen molar-refractivity contribution in [1.82, 2.24) is 19.7 Å². The predicted molar refractivity (Wildman–Crippen MR) is 59.5 cm³/mol. The lowest BCUT2D eigenvalue weighted by Crippen LogP contribution is -2.07. The van der Waals surface area contributed by atoms with Crippen molar-refractivity contribution >= 4 is 11.7 Å². The van der Waals surface area contributed by atoms with Gasteiger partial charge in [-0.15, -0.1) is 10.2 Å². The Morgan fingerprint density at radius 3 is 3.06 bits per heavy atom.